The highest BCUT2D eigenvalue weighted by atomic mass is 19.1. The number of H-pyrrole nitrogens is 1. The number of methoxy groups -OCH3 is 1. The Kier molecular flexibility index (Phi) is 3.19. The third-order valence-electron chi connectivity index (χ3n) is 4.17. The van der Waals surface area contributed by atoms with Gasteiger partial charge < -0.3 is 14.6 Å². The highest BCUT2D eigenvalue weighted by Gasteiger charge is 2.22. The highest BCUT2D eigenvalue weighted by Crippen LogP contribution is 2.29. The second-order valence-corrected chi connectivity index (χ2v) is 5.33. The summed E-state index contributed by atoms with van der Waals surface area (Å²) in [5.74, 6) is -0.00508. The molecule has 0 unspecified atom stereocenters. The molecule has 3 nitrogen and oxygen atoms in total. The summed E-state index contributed by atoms with van der Waals surface area (Å²) < 4.78 is 18.7. The smallest absolute Gasteiger partial charge is 0.167 e. The summed E-state index contributed by atoms with van der Waals surface area (Å²) in [5, 5.41) is 1.07. The van der Waals surface area contributed by atoms with Crippen LogP contribution in [0.3, 0.4) is 0 Å². The molecule has 1 atom stereocenters. The average Bonchev–Trinajstić information content (AvgIpc) is 2.97. The Balaban J connectivity index is 1.95. The van der Waals surface area contributed by atoms with Gasteiger partial charge in [0, 0.05) is 29.2 Å². The quantitative estimate of drug-likeness (QED) is 0.921. The van der Waals surface area contributed by atoms with Gasteiger partial charge in [0.1, 0.15) is 0 Å². The van der Waals surface area contributed by atoms with Crippen LogP contribution < -0.4 is 4.74 Å². The maximum Gasteiger partial charge on any atom is 0.167 e. The number of halogens is 1. The Bertz CT molecular complexity index is 593. The van der Waals surface area contributed by atoms with E-state index in [1.165, 1.54) is 38.1 Å². The van der Waals surface area contributed by atoms with Crippen LogP contribution in [0.15, 0.2) is 18.3 Å². The van der Waals surface area contributed by atoms with Crippen molar-refractivity contribution in [3.05, 3.63) is 29.7 Å². The first kappa shape index (κ1) is 12.5. The second-order valence-electron chi connectivity index (χ2n) is 5.33. The molecular weight excluding hydrogens is 243 g/mol. The summed E-state index contributed by atoms with van der Waals surface area (Å²) in [6.07, 6.45) is 5.50. The minimum atomic E-state index is -0.318. The van der Waals surface area contributed by atoms with Crippen molar-refractivity contribution in [2.45, 2.75) is 25.3 Å². The maximum absolute atomic E-state index is 13.6. The van der Waals surface area contributed by atoms with Gasteiger partial charge in [-0.1, -0.05) is 0 Å². The zero-order valence-electron chi connectivity index (χ0n) is 11.4. The third-order valence-corrected chi connectivity index (χ3v) is 4.17. The van der Waals surface area contributed by atoms with E-state index >= 15 is 0 Å². The number of likely N-dealkylation sites (N-methyl/N-ethyl adjacent to an activating group) is 1. The van der Waals surface area contributed by atoms with Crippen molar-refractivity contribution < 1.29 is 9.13 Å². The van der Waals surface area contributed by atoms with Gasteiger partial charge in [-0.05, 0) is 44.5 Å². The van der Waals surface area contributed by atoms with Gasteiger partial charge >= 0.3 is 0 Å². The van der Waals surface area contributed by atoms with Gasteiger partial charge in [0.25, 0.3) is 0 Å². The van der Waals surface area contributed by atoms with Gasteiger partial charge in [-0.3, -0.25) is 0 Å². The summed E-state index contributed by atoms with van der Waals surface area (Å²) in [6, 6.07) is 3.90. The number of nitrogens with zero attached hydrogens (tertiary/aromatic N) is 1. The molecule has 3 rings (SSSR count). The van der Waals surface area contributed by atoms with Gasteiger partial charge in [0.05, 0.1) is 7.11 Å². The van der Waals surface area contributed by atoms with Crippen molar-refractivity contribution in [3.8, 4) is 5.75 Å². The van der Waals surface area contributed by atoms with Crippen molar-refractivity contribution in [2.75, 3.05) is 20.7 Å². The van der Waals surface area contributed by atoms with Crippen LogP contribution in [-0.4, -0.2) is 36.6 Å². The van der Waals surface area contributed by atoms with Crippen LogP contribution in [0.1, 0.15) is 18.4 Å². The molecule has 1 aromatic carbocycles. The van der Waals surface area contributed by atoms with Crippen molar-refractivity contribution in [2.24, 2.45) is 0 Å². The Morgan fingerprint density at radius 2 is 2.32 bits per heavy atom. The van der Waals surface area contributed by atoms with E-state index in [-0.39, 0.29) is 5.82 Å². The lowest BCUT2D eigenvalue weighted by atomic mass is 10.0. The molecule has 0 saturated carbocycles. The number of ether oxygens (including phenoxy) is 1. The van der Waals surface area contributed by atoms with E-state index in [0.29, 0.717) is 11.8 Å². The highest BCUT2D eigenvalue weighted by molar-refractivity contribution is 5.84. The molecule has 4 heteroatoms. The van der Waals surface area contributed by atoms with Crippen molar-refractivity contribution in [3.63, 3.8) is 0 Å². The molecule has 1 fully saturated rings. The average molecular weight is 262 g/mol. The van der Waals surface area contributed by atoms with E-state index in [1.54, 1.807) is 6.07 Å². The van der Waals surface area contributed by atoms with Crippen LogP contribution in [0.25, 0.3) is 10.9 Å². The van der Waals surface area contributed by atoms with Crippen LogP contribution in [0.2, 0.25) is 0 Å². The summed E-state index contributed by atoms with van der Waals surface area (Å²) in [4.78, 5) is 5.56. The van der Waals surface area contributed by atoms with Crippen LogP contribution in [0.5, 0.6) is 5.75 Å². The molecule has 1 N–H and O–H groups in total. The van der Waals surface area contributed by atoms with Gasteiger partial charge in [-0.2, -0.15) is 0 Å². The van der Waals surface area contributed by atoms with Crippen LogP contribution >= 0.6 is 0 Å². The molecule has 0 radical (unpaired) electrons. The van der Waals surface area contributed by atoms with Gasteiger partial charge in [-0.15, -0.1) is 0 Å². The van der Waals surface area contributed by atoms with Gasteiger partial charge in [0.15, 0.2) is 11.6 Å². The first-order chi connectivity index (χ1) is 9.19. The van der Waals surface area contributed by atoms with Crippen molar-refractivity contribution in [1.29, 1.82) is 0 Å². The fourth-order valence-corrected chi connectivity index (χ4v) is 3.00. The molecule has 1 aliphatic rings. The predicted octanol–water partition coefficient (Wildman–Crippen LogP) is 2.95. The molecule has 1 aliphatic heterocycles. The SMILES string of the molecule is COc1cc2c(C[C@H]3CCCN3C)c[nH]c2cc1F. The van der Waals surface area contributed by atoms with Crippen molar-refractivity contribution >= 4 is 10.9 Å². The normalized spacial score (nSPS) is 20.3. The van der Waals surface area contributed by atoms with Gasteiger partial charge in [-0.25, -0.2) is 4.39 Å². The van der Waals surface area contributed by atoms with Crippen molar-refractivity contribution in [1.82, 2.24) is 9.88 Å². The topological polar surface area (TPSA) is 28.3 Å². The van der Waals surface area contributed by atoms with E-state index < -0.39 is 0 Å². The molecule has 102 valence electrons. The first-order valence-corrected chi connectivity index (χ1v) is 6.73. The molecule has 1 saturated heterocycles. The summed E-state index contributed by atoms with van der Waals surface area (Å²) >= 11 is 0. The van der Waals surface area contributed by atoms with E-state index in [2.05, 4.69) is 16.9 Å². The summed E-state index contributed by atoms with van der Waals surface area (Å²) in [7, 11) is 3.67. The molecule has 0 aliphatic carbocycles. The Morgan fingerprint density at radius 1 is 1.47 bits per heavy atom. The first-order valence-electron chi connectivity index (χ1n) is 6.73. The number of rotatable bonds is 3. The predicted molar refractivity (Wildman–Crippen MR) is 74.2 cm³/mol. The summed E-state index contributed by atoms with van der Waals surface area (Å²) in [5.41, 5.74) is 2.08. The van der Waals surface area contributed by atoms with Gasteiger partial charge in [0.2, 0.25) is 0 Å². The third kappa shape index (κ3) is 2.21. The molecule has 19 heavy (non-hydrogen) atoms. The number of hydrogen-bond donors (Lipinski definition) is 1. The number of hydrogen-bond acceptors (Lipinski definition) is 2. The lowest BCUT2D eigenvalue weighted by Gasteiger charge is -2.18. The molecule has 0 spiro atoms. The standard InChI is InChI=1S/C15H19FN2O/c1-18-5-3-4-11(18)6-10-9-17-14-8-13(16)15(19-2)7-12(10)14/h7-9,11,17H,3-6H2,1-2H3/t11-/m1/s1. The maximum atomic E-state index is 13.6. The van der Waals surface area contributed by atoms with Crippen LogP contribution in [0.4, 0.5) is 4.39 Å². The molecular formula is C15H19FN2O. The minimum Gasteiger partial charge on any atom is -0.494 e. The Labute approximate surface area is 112 Å². The second kappa shape index (κ2) is 4.85. The Morgan fingerprint density at radius 3 is 3.00 bits per heavy atom. The fourth-order valence-electron chi connectivity index (χ4n) is 3.00. The number of nitrogens with one attached hydrogen (secondary N) is 1. The molecule has 1 aromatic heterocycles. The van der Waals surface area contributed by atoms with Crippen LogP contribution in [0, 0.1) is 5.82 Å². The summed E-state index contributed by atoms with van der Waals surface area (Å²) in [6.45, 7) is 1.17. The number of likely N-dealkylation sites (tertiary alicyclic amines) is 1. The number of aromatic amines is 1. The number of fused-ring (bicyclic) bond motifs is 1. The lowest BCUT2D eigenvalue weighted by molar-refractivity contribution is 0.310. The van der Waals surface area contributed by atoms with E-state index in [9.17, 15) is 4.39 Å². The number of aromatic nitrogens is 1. The minimum absolute atomic E-state index is 0.313. The molecule has 0 bridgehead atoms. The fraction of sp³-hybridized carbons (Fsp3) is 0.467. The molecule has 2 heterocycles. The van der Waals surface area contributed by atoms with Crippen LogP contribution in [-0.2, 0) is 6.42 Å². The van der Waals surface area contributed by atoms with E-state index in [0.717, 1.165) is 17.3 Å². The zero-order chi connectivity index (χ0) is 13.4. The van der Waals surface area contributed by atoms with E-state index in [4.69, 9.17) is 4.74 Å². The Hall–Kier alpha value is -1.55. The van der Waals surface area contributed by atoms with E-state index in [1.807, 2.05) is 6.20 Å². The lowest BCUT2D eigenvalue weighted by Crippen LogP contribution is -2.26. The monoisotopic (exact) mass is 262 g/mol. The number of benzene rings is 1. The molecule has 0 amide bonds. The largest absolute Gasteiger partial charge is 0.494 e. The molecule has 2 aromatic rings. The zero-order valence-corrected chi connectivity index (χ0v) is 11.4.